The van der Waals surface area contributed by atoms with E-state index in [-0.39, 0.29) is 63.4 Å². The molecule has 0 aliphatic carbocycles. The molecule has 45 heavy (non-hydrogen) atoms. The summed E-state index contributed by atoms with van der Waals surface area (Å²) in [6, 6.07) is 5.25. The van der Waals surface area contributed by atoms with E-state index in [9.17, 15) is 14.7 Å². The average Bonchev–Trinajstić information content (AvgIpc) is 2.98. The number of fused-ring (bicyclic) bond motifs is 2. The lowest BCUT2D eigenvalue weighted by atomic mass is 9.95. The molecule has 2 unspecified atom stereocenters. The first kappa shape index (κ1) is 30.5. The van der Waals surface area contributed by atoms with Crippen molar-refractivity contribution in [2.24, 2.45) is 0 Å². The summed E-state index contributed by atoms with van der Waals surface area (Å²) in [5, 5.41) is 13.9. The maximum atomic E-state index is 17.3. The third-order valence-electron chi connectivity index (χ3n) is 8.65. The van der Waals surface area contributed by atoms with Crippen molar-refractivity contribution < 1.29 is 18.7 Å². The van der Waals surface area contributed by atoms with E-state index < -0.39 is 28.6 Å². The zero-order valence-electron chi connectivity index (χ0n) is 25.4. The van der Waals surface area contributed by atoms with Crippen LogP contribution in [-0.2, 0) is 4.79 Å². The van der Waals surface area contributed by atoms with Crippen LogP contribution in [0.1, 0.15) is 44.4 Å². The number of benzene rings is 2. The van der Waals surface area contributed by atoms with Gasteiger partial charge in [-0.3, -0.25) is 14.3 Å². The fraction of sp³-hybridized carbons (Fsp3) is 0.333. The lowest BCUT2D eigenvalue weighted by Gasteiger charge is -2.47. The van der Waals surface area contributed by atoms with Gasteiger partial charge in [0, 0.05) is 37.4 Å². The molecule has 2 N–H and O–H groups in total. The number of phenolic OH excluding ortho intramolecular Hbond substituents is 1. The maximum Gasteiger partial charge on any atom is 0.354 e. The number of anilines is 2. The number of aromatic nitrogens is 3. The Morgan fingerprint density at radius 3 is 2.64 bits per heavy atom. The molecule has 2 aromatic carbocycles. The van der Waals surface area contributed by atoms with Gasteiger partial charge in [-0.25, -0.2) is 13.6 Å². The third-order valence-corrected chi connectivity index (χ3v) is 8.97. The lowest BCUT2D eigenvalue weighted by Crippen LogP contribution is -2.60. The Labute approximate surface area is 263 Å². The third kappa shape index (κ3) is 4.80. The standard InChI is InChI=1S/C33H33ClF2N6O3/c1-6-22(44)40-14-18(5)41-19(15-40)11-13-38-29-25-31(27(36)24(26(29)35)23-20(34)8-7-9-21(23)43)42(33(45)39-32(25)41)30-17(4)10-12-37-28(30)16(2)3/h6-10,12,16,18-19,38,43H,1,11,13-15H2,2-5H3. The van der Waals surface area contributed by atoms with Gasteiger partial charge < -0.3 is 20.2 Å². The van der Waals surface area contributed by atoms with Crippen LogP contribution in [0, 0.1) is 18.6 Å². The summed E-state index contributed by atoms with van der Waals surface area (Å²) in [4.78, 5) is 39.5. The van der Waals surface area contributed by atoms with Crippen molar-refractivity contribution in [2.45, 2.75) is 52.1 Å². The van der Waals surface area contributed by atoms with Gasteiger partial charge in [-0.1, -0.05) is 38.1 Å². The number of aromatic hydroxyl groups is 1. The highest BCUT2D eigenvalue weighted by Crippen LogP contribution is 2.47. The van der Waals surface area contributed by atoms with Crippen LogP contribution in [0.3, 0.4) is 0 Å². The molecule has 2 aliphatic rings. The quantitative estimate of drug-likeness (QED) is 0.269. The molecule has 1 saturated heterocycles. The molecular formula is C33H33ClF2N6O3. The van der Waals surface area contributed by atoms with Gasteiger partial charge in [0.1, 0.15) is 17.1 Å². The summed E-state index contributed by atoms with van der Waals surface area (Å²) in [6.45, 7) is 12.0. The molecule has 0 bridgehead atoms. The average molecular weight is 635 g/mol. The van der Waals surface area contributed by atoms with Crippen LogP contribution >= 0.6 is 11.6 Å². The van der Waals surface area contributed by atoms with Crippen LogP contribution in [-0.4, -0.2) is 62.2 Å². The molecule has 234 valence electrons. The van der Waals surface area contributed by atoms with E-state index in [0.717, 1.165) is 4.57 Å². The number of hydrogen-bond acceptors (Lipinski definition) is 7. The number of amides is 1. The predicted molar refractivity (Wildman–Crippen MR) is 172 cm³/mol. The van der Waals surface area contributed by atoms with Gasteiger partial charge in [0.15, 0.2) is 11.6 Å². The molecule has 1 fully saturated rings. The number of piperazine rings is 1. The Hall–Kier alpha value is -4.51. The van der Waals surface area contributed by atoms with Gasteiger partial charge in [-0.05, 0) is 56.0 Å². The Morgan fingerprint density at radius 2 is 1.96 bits per heavy atom. The second-order valence-electron chi connectivity index (χ2n) is 11.9. The summed E-state index contributed by atoms with van der Waals surface area (Å²) >= 11 is 6.45. The molecule has 2 aliphatic heterocycles. The molecule has 0 saturated carbocycles. The minimum Gasteiger partial charge on any atom is -0.507 e. The smallest absolute Gasteiger partial charge is 0.354 e. The first-order chi connectivity index (χ1) is 21.5. The molecule has 6 rings (SSSR count). The Morgan fingerprint density at radius 1 is 1.20 bits per heavy atom. The Bertz CT molecular complexity index is 1920. The predicted octanol–water partition coefficient (Wildman–Crippen LogP) is 5.92. The minimum atomic E-state index is -1.08. The van der Waals surface area contributed by atoms with Crippen molar-refractivity contribution in [2.75, 3.05) is 29.9 Å². The number of nitrogens with zero attached hydrogens (tertiary/aromatic N) is 5. The van der Waals surface area contributed by atoms with Crippen molar-refractivity contribution in [3.05, 3.63) is 81.5 Å². The lowest BCUT2D eigenvalue weighted by molar-refractivity contribution is -0.127. The molecule has 0 radical (unpaired) electrons. The van der Waals surface area contributed by atoms with E-state index in [0.29, 0.717) is 36.5 Å². The first-order valence-electron chi connectivity index (χ1n) is 14.8. The highest BCUT2D eigenvalue weighted by atomic mass is 35.5. The fourth-order valence-electron chi connectivity index (χ4n) is 6.69. The van der Waals surface area contributed by atoms with E-state index in [1.54, 1.807) is 24.1 Å². The Balaban J connectivity index is 1.79. The second kappa shape index (κ2) is 11.4. The molecule has 9 nitrogen and oxygen atoms in total. The molecule has 0 spiro atoms. The zero-order chi connectivity index (χ0) is 32.3. The van der Waals surface area contributed by atoms with E-state index in [1.807, 2.05) is 25.7 Å². The van der Waals surface area contributed by atoms with E-state index >= 15 is 8.78 Å². The topological polar surface area (TPSA) is 104 Å². The van der Waals surface area contributed by atoms with Crippen molar-refractivity contribution in [3.8, 4) is 22.6 Å². The van der Waals surface area contributed by atoms with E-state index in [1.165, 1.54) is 24.3 Å². The summed E-state index contributed by atoms with van der Waals surface area (Å²) < 4.78 is 35.3. The molecule has 1 amide bonds. The van der Waals surface area contributed by atoms with Gasteiger partial charge in [0.05, 0.1) is 39.1 Å². The molecule has 4 aromatic rings. The van der Waals surface area contributed by atoms with Crippen molar-refractivity contribution in [1.29, 1.82) is 0 Å². The molecule has 12 heteroatoms. The molecule has 4 heterocycles. The van der Waals surface area contributed by atoms with Crippen molar-refractivity contribution >= 4 is 39.9 Å². The molecular weight excluding hydrogens is 602 g/mol. The summed E-state index contributed by atoms with van der Waals surface area (Å²) in [5.74, 6) is -2.75. The number of halogens is 3. The number of nitrogens with one attached hydrogen (secondary N) is 1. The Kier molecular flexibility index (Phi) is 7.76. The van der Waals surface area contributed by atoms with Gasteiger partial charge in [-0.2, -0.15) is 4.98 Å². The van der Waals surface area contributed by atoms with Crippen LogP contribution in [0.2, 0.25) is 5.02 Å². The summed E-state index contributed by atoms with van der Waals surface area (Å²) in [7, 11) is 0. The maximum absolute atomic E-state index is 17.3. The van der Waals surface area contributed by atoms with Gasteiger partial charge >= 0.3 is 5.69 Å². The number of carbonyl (C=O) groups is 1. The first-order valence-corrected chi connectivity index (χ1v) is 15.2. The van der Waals surface area contributed by atoms with Crippen LogP contribution in [0.4, 0.5) is 20.3 Å². The van der Waals surface area contributed by atoms with E-state index in [2.05, 4.69) is 21.9 Å². The van der Waals surface area contributed by atoms with Crippen LogP contribution < -0.4 is 15.9 Å². The minimum absolute atomic E-state index is 0.0644. The van der Waals surface area contributed by atoms with Crippen LogP contribution in [0.25, 0.3) is 27.7 Å². The largest absolute Gasteiger partial charge is 0.507 e. The van der Waals surface area contributed by atoms with Gasteiger partial charge in [0.25, 0.3) is 0 Å². The number of rotatable bonds is 4. The highest BCUT2D eigenvalue weighted by Gasteiger charge is 2.39. The molecule has 2 atom stereocenters. The summed E-state index contributed by atoms with van der Waals surface area (Å²) in [5.41, 5.74) is -0.364. The SMILES string of the molecule is C=CC(=O)N1CC(C)N2c3nc(=O)n(-c4c(C)ccnc4C(C)C)c4c(F)c(-c5c(O)cccc5Cl)c(F)c(c34)NCCC2C1. The second-order valence-corrected chi connectivity index (χ2v) is 12.3. The highest BCUT2D eigenvalue weighted by molar-refractivity contribution is 6.33. The van der Waals surface area contributed by atoms with Crippen molar-refractivity contribution in [3.63, 3.8) is 0 Å². The zero-order valence-corrected chi connectivity index (χ0v) is 26.1. The van der Waals surface area contributed by atoms with E-state index in [4.69, 9.17) is 11.6 Å². The fourth-order valence-corrected chi connectivity index (χ4v) is 6.95. The van der Waals surface area contributed by atoms with Gasteiger partial charge in [-0.15, -0.1) is 0 Å². The number of pyridine rings is 1. The number of carbonyl (C=O) groups excluding carboxylic acids is 1. The van der Waals surface area contributed by atoms with Crippen LogP contribution in [0.15, 0.2) is 47.9 Å². The normalized spacial score (nSPS) is 18.0. The monoisotopic (exact) mass is 634 g/mol. The number of hydrogen-bond donors (Lipinski definition) is 2. The summed E-state index contributed by atoms with van der Waals surface area (Å²) in [6.07, 6.45) is 3.34. The van der Waals surface area contributed by atoms with Crippen molar-refractivity contribution in [1.82, 2.24) is 19.4 Å². The van der Waals surface area contributed by atoms with Gasteiger partial charge in [0.2, 0.25) is 5.91 Å². The molecule has 2 aromatic heterocycles. The number of aryl methyl sites for hydroxylation is 1. The number of phenols is 1. The van der Waals surface area contributed by atoms with Crippen LogP contribution in [0.5, 0.6) is 5.75 Å².